The highest BCUT2D eigenvalue weighted by Crippen LogP contribution is 2.40. The SMILES string of the molecule is CN(C)C=Nc1cc(C2(O)CCOCC2)sc1C(=O)O. The summed E-state index contributed by atoms with van der Waals surface area (Å²) >= 11 is 1.09. The van der Waals surface area contributed by atoms with Crippen LogP contribution in [0.3, 0.4) is 0 Å². The summed E-state index contributed by atoms with van der Waals surface area (Å²) < 4.78 is 5.24. The molecule has 0 unspecified atom stereocenters. The van der Waals surface area contributed by atoms with Gasteiger partial charge in [-0.05, 0) is 6.07 Å². The Morgan fingerprint density at radius 2 is 2.15 bits per heavy atom. The molecule has 20 heavy (non-hydrogen) atoms. The number of hydrogen-bond donors (Lipinski definition) is 2. The van der Waals surface area contributed by atoms with E-state index < -0.39 is 11.6 Å². The average Bonchev–Trinajstić information content (AvgIpc) is 2.82. The number of carbonyl (C=O) groups is 1. The van der Waals surface area contributed by atoms with Crippen LogP contribution in [0.5, 0.6) is 0 Å². The Labute approximate surface area is 121 Å². The Balaban J connectivity index is 2.36. The van der Waals surface area contributed by atoms with Crippen molar-refractivity contribution in [1.29, 1.82) is 0 Å². The van der Waals surface area contributed by atoms with Crippen LogP contribution in [0, 0.1) is 0 Å². The van der Waals surface area contributed by atoms with Gasteiger partial charge in [-0.25, -0.2) is 9.79 Å². The van der Waals surface area contributed by atoms with E-state index >= 15 is 0 Å². The molecule has 7 heteroatoms. The second-order valence-corrected chi connectivity index (χ2v) is 6.03. The van der Waals surface area contributed by atoms with E-state index in [0.717, 1.165) is 11.3 Å². The lowest BCUT2D eigenvalue weighted by Crippen LogP contribution is -2.32. The number of aliphatic imine (C=N–C) groups is 1. The molecule has 1 fully saturated rings. The summed E-state index contributed by atoms with van der Waals surface area (Å²) in [6, 6.07) is 1.67. The molecule has 0 amide bonds. The van der Waals surface area contributed by atoms with Gasteiger partial charge in [0, 0.05) is 45.0 Å². The molecule has 110 valence electrons. The van der Waals surface area contributed by atoms with Gasteiger partial charge >= 0.3 is 5.97 Å². The molecule has 0 atom stereocenters. The predicted octanol–water partition coefficient (Wildman–Crippen LogP) is 1.67. The molecule has 2 N–H and O–H groups in total. The molecule has 6 nitrogen and oxygen atoms in total. The number of aliphatic hydroxyl groups is 1. The van der Waals surface area contributed by atoms with Crippen molar-refractivity contribution in [1.82, 2.24) is 4.90 Å². The number of aromatic carboxylic acids is 1. The van der Waals surface area contributed by atoms with Crippen LogP contribution in [0.25, 0.3) is 0 Å². The van der Waals surface area contributed by atoms with Gasteiger partial charge < -0.3 is 19.8 Å². The van der Waals surface area contributed by atoms with Crippen molar-refractivity contribution in [2.24, 2.45) is 4.99 Å². The van der Waals surface area contributed by atoms with E-state index in [1.54, 1.807) is 17.3 Å². The first-order chi connectivity index (χ1) is 9.42. The minimum absolute atomic E-state index is 0.151. The van der Waals surface area contributed by atoms with Crippen LogP contribution in [0.1, 0.15) is 27.4 Å². The van der Waals surface area contributed by atoms with Gasteiger partial charge in [0.15, 0.2) is 0 Å². The number of carboxylic acid groups (broad SMARTS) is 1. The lowest BCUT2D eigenvalue weighted by Gasteiger charge is -2.30. The Hall–Kier alpha value is -1.44. The summed E-state index contributed by atoms with van der Waals surface area (Å²) in [5, 5.41) is 19.9. The molecular formula is C13H18N2O4S. The van der Waals surface area contributed by atoms with Crippen molar-refractivity contribution in [3.05, 3.63) is 15.8 Å². The molecule has 2 heterocycles. The molecule has 0 saturated carbocycles. The monoisotopic (exact) mass is 298 g/mol. The van der Waals surface area contributed by atoms with Crippen molar-refractivity contribution >= 4 is 29.3 Å². The summed E-state index contributed by atoms with van der Waals surface area (Å²) in [7, 11) is 3.62. The normalized spacial score (nSPS) is 18.4. The van der Waals surface area contributed by atoms with E-state index in [9.17, 15) is 15.0 Å². The second kappa shape index (κ2) is 5.90. The summed E-state index contributed by atoms with van der Waals surface area (Å²) in [4.78, 5) is 18.0. The summed E-state index contributed by atoms with van der Waals surface area (Å²) in [6.07, 6.45) is 2.50. The number of hydrogen-bond acceptors (Lipinski definition) is 5. The van der Waals surface area contributed by atoms with Gasteiger partial charge in [0.2, 0.25) is 0 Å². The van der Waals surface area contributed by atoms with Crippen LogP contribution in [0.4, 0.5) is 5.69 Å². The maximum absolute atomic E-state index is 11.3. The minimum atomic E-state index is -1.03. The highest BCUT2D eigenvalue weighted by Gasteiger charge is 2.35. The summed E-state index contributed by atoms with van der Waals surface area (Å²) in [5.74, 6) is -1.03. The zero-order valence-electron chi connectivity index (χ0n) is 11.5. The van der Waals surface area contributed by atoms with E-state index in [-0.39, 0.29) is 4.88 Å². The highest BCUT2D eigenvalue weighted by atomic mass is 32.1. The number of ether oxygens (including phenoxy) is 1. The molecular weight excluding hydrogens is 280 g/mol. The zero-order chi connectivity index (χ0) is 14.8. The van der Waals surface area contributed by atoms with E-state index in [0.29, 0.717) is 36.6 Å². The molecule has 0 aliphatic carbocycles. The van der Waals surface area contributed by atoms with Gasteiger partial charge in [-0.2, -0.15) is 0 Å². The second-order valence-electron chi connectivity index (χ2n) is 4.98. The average molecular weight is 298 g/mol. The van der Waals surface area contributed by atoms with Gasteiger partial charge in [-0.1, -0.05) is 0 Å². The van der Waals surface area contributed by atoms with Gasteiger partial charge in [0.05, 0.1) is 12.0 Å². The molecule has 1 saturated heterocycles. The van der Waals surface area contributed by atoms with E-state index in [4.69, 9.17) is 4.74 Å². The van der Waals surface area contributed by atoms with Crippen molar-refractivity contribution in [2.75, 3.05) is 27.3 Å². The first-order valence-electron chi connectivity index (χ1n) is 6.31. The van der Waals surface area contributed by atoms with Crippen molar-refractivity contribution in [2.45, 2.75) is 18.4 Å². The molecule has 1 aromatic rings. The van der Waals surface area contributed by atoms with Crippen molar-refractivity contribution in [3.63, 3.8) is 0 Å². The fraction of sp³-hybridized carbons (Fsp3) is 0.538. The standard InChI is InChI=1S/C13H18N2O4S/c1-15(2)8-14-9-7-10(20-11(9)12(16)17)13(18)3-5-19-6-4-13/h7-8,18H,3-6H2,1-2H3,(H,16,17). The topological polar surface area (TPSA) is 82.4 Å². The first kappa shape index (κ1) is 15.0. The number of rotatable bonds is 4. The number of nitrogens with zero attached hydrogens (tertiary/aromatic N) is 2. The Bertz CT molecular complexity index is 518. The summed E-state index contributed by atoms with van der Waals surface area (Å²) in [5.41, 5.74) is -0.620. The molecule has 0 spiro atoms. The largest absolute Gasteiger partial charge is 0.477 e. The Morgan fingerprint density at radius 1 is 1.50 bits per heavy atom. The van der Waals surface area contributed by atoms with Gasteiger partial charge in [-0.15, -0.1) is 11.3 Å². The highest BCUT2D eigenvalue weighted by molar-refractivity contribution is 7.14. The summed E-state index contributed by atoms with van der Waals surface area (Å²) in [6.45, 7) is 0.959. The Morgan fingerprint density at radius 3 is 2.70 bits per heavy atom. The van der Waals surface area contributed by atoms with Crippen LogP contribution in [0.2, 0.25) is 0 Å². The Kier molecular flexibility index (Phi) is 4.42. The smallest absolute Gasteiger partial charge is 0.348 e. The number of thiophene rings is 1. The maximum Gasteiger partial charge on any atom is 0.348 e. The quantitative estimate of drug-likeness (QED) is 0.652. The van der Waals surface area contributed by atoms with Gasteiger partial charge in [-0.3, -0.25) is 0 Å². The van der Waals surface area contributed by atoms with Crippen LogP contribution in [-0.2, 0) is 10.3 Å². The molecule has 0 bridgehead atoms. The molecule has 1 aliphatic rings. The number of carboxylic acids is 1. The predicted molar refractivity (Wildman–Crippen MR) is 77.1 cm³/mol. The molecule has 0 aromatic carbocycles. The molecule has 1 aromatic heterocycles. The molecule has 2 rings (SSSR count). The zero-order valence-corrected chi connectivity index (χ0v) is 12.3. The van der Waals surface area contributed by atoms with Gasteiger partial charge in [0.1, 0.15) is 10.5 Å². The minimum Gasteiger partial charge on any atom is -0.477 e. The van der Waals surface area contributed by atoms with E-state index in [2.05, 4.69) is 4.99 Å². The van der Waals surface area contributed by atoms with Crippen molar-refractivity contribution < 1.29 is 19.7 Å². The third-order valence-electron chi connectivity index (χ3n) is 3.11. The van der Waals surface area contributed by atoms with Crippen molar-refractivity contribution in [3.8, 4) is 0 Å². The van der Waals surface area contributed by atoms with Crippen LogP contribution < -0.4 is 0 Å². The van der Waals surface area contributed by atoms with Crippen LogP contribution >= 0.6 is 11.3 Å². The van der Waals surface area contributed by atoms with Gasteiger partial charge in [0.25, 0.3) is 0 Å². The molecule has 0 radical (unpaired) electrons. The van der Waals surface area contributed by atoms with E-state index in [1.807, 2.05) is 14.1 Å². The van der Waals surface area contributed by atoms with Crippen LogP contribution in [-0.4, -0.2) is 54.7 Å². The fourth-order valence-corrected chi connectivity index (χ4v) is 3.08. The lowest BCUT2D eigenvalue weighted by atomic mass is 9.92. The van der Waals surface area contributed by atoms with E-state index in [1.165, 1.54) is 0 Å². The van der Waals surface area contributed by atoms with Crippen LogP contribution in [0.15, 0.2) is 11.1 Å². The third kappa shape index (κ3) is 3.17. The maximum atomic E-state index is 11.3. The lowest BCUT2D eigenvalue weighted by molar-refractivity contribution is -0.0655. The molecule has 1 aliphatic heterocycles. The first-order valence-corrected chi connectivity index (χ1v) is 7.12. The fourth-order valence-electron chi connectivity index (χ4n) is 1.99. The third-order valence-corrected chi connectivity index (χ3v) is 4.42.